The second kappa shape index (κ2) is 3.94. The molecule has 0 aliphatic heterocycles. The van der Waals surface area contributed by atoms with Crippen molar-refractivity contribution >= 4 is 5.97 Å². The highest BCUT2D eigenvalue weighted by Gasteiger charge is 2.38. The largest absolute Gasteiger partial charge is 0.481 e. The first-order valence-electron chi connectivity index (χ1n) is 4.60. The Morgan fingerprint density at radius 2 is 2.00 bits per heavy atom. The maximum Gasteiger partial charge on any atom is 0.309 e. The number of carboxylic acids is 1. The van der Waals surface area contributed by atoms with E-state index in [1.165, 1.54) is 26.2 Å². The van der Waals surface area contributed by atoms with Gasteiger partial charge in [-0.3, -0.25) is 14.8 Å². The number of hydrogen-bond acceptors (Lipinski definition) is 4. The van der Waals surface area contributed by atoms with E-state index in [1.54, 1.807) is 6.92 Å². The first kappa shape index (κ1) is 11.6. The van der Waals surface area contributed by atoms with Gasteiger partial charge in [-0.2, -0.15) is 0 Å². The first-order valence-corrected chi connectivity index (χ1v) is 4.60. The normalized spacial score (nSPS) is 16.8. The third-order valence-corrected chi connectivity index (χ3v) is 2.57. The maximum atomic E-state index is 10.8. The van der Waals surface area contributed by atoms with Crippen molar-refractivity contribution in [3.8, 4) is 0 Å². The Bertz CT molecular complexity index is 377. The molecular formula is C10H14N2O3. The third-order valence-electron chi connectivity index (χ3n) is 2.57. The van der Waals surface area contributed by atoms with Crippen LogP contribution in [0.2, 0.25) is 0 Å². The molecule has 1 aromatic rings. The predicted molar refractivity (Wildman–Crippen MR) is 53.1 cm³/mol. The second-order valence-electron chi connectivity index (χ2n) is 3.70. The fourth-order valence-corrected chi connectivity index (χ4v) is 1.35. The summed E-state index contributed by atoms with van der Waals surface area (Å²) in [6.07, 6.45) is 2.94. The van der Waals surface area contributed by atoms with E-state index in [0.717, 1.165) is 0 Å². The lowest BCUT2D eigenvalue weighted by Gasteiger charge is -2.27. The Kier molecular flexibility index (Phi) is 3.04. The van der Waals surface area contributed by atoms with E-state index in [0.29, 0.717) is 11.4 Å². The lowest BCUT2D eigenvalue weighted by atomic mass is 9.86. The van der Waals surface area contributed by atoms with Crippen LogP contribution >= 0.6 is 0 Å². The summed E-state index contributed by atoms with van der Waals surface area (Å²) in [6.45, 7) is 4.56. The van der Waals surface area contributed by atoms with Gasteiger partial charge in [0, 0.05) is 12.4 Å². The summed E-state index contributed by atoms with van der Waals surface area (Å²) in [5, 5.41) is 19.0. The van der Waals surface area contributed by atoms with Crippen LogP contribution in [0.15, 0.2) is 12.4 Å². The summed E-state index contributed by atoms with van der Waals surface area (Å²) in [4.78, 5) is 18.8. The lowest BCUT2D eigenvalue weighted by Crippen LogP contribution is -2.36. The SMILES string of the molecule is Cc1nccnc1C(C)(O)C(C)C(=O)O. The van der Waals surface area contributed by atoms with E-state index < -0.39 is 17.5 Å². The number of hydrogen-bond donors (Lipinski definition) is 2. The molecule has 5 nitrogen and oxygen atoms in total. The number of aliphatic carboxylic acids is 1. The summed E-state index contributed by atoms with van der Waals surface area (Å²) in [5.41, 5.74) is -0.667. The average molecular weight is 210 g/mol. The second-order valence-corrected chi connectivity index (χ2v) is 3.70. The van der Waals surface area contributed by atoms with E-state index in [-0.39, 0.29) is 0 Å². The zero-order valence-corrected chi connectivity index (χ0v) is 8.93. The molecule has 1 aromatic heterocycles. The highest BCUT2D eigenvalue weighted by Crippen LogP contribution is 2.29. The van der Waals surface area contributed by atoms with Crippen molar-refractivity contribution in [3.05, 3.63) is 23.8 Å². The molecular weight excluding hydrogens is 196 g/mol. The van der Waals surface area contributed by atoms with E-state index in [9.17, 15) is 9.90 Å². The minimum Gasteiger partial charge on any atom is -0.481 e. The number of carbonyl (C=O) groups is 1. The molecule has 1 rings (SSSR count). The van der Waals surface area contributed by atoms with E-state index in [4.69, 9.17) is 5.11 Å². The molecule has 0 aromatic carbocycles. The van der Waals surface area contributed by atoms with Crippen molar-refractivity contribution in [2.45, 2.75) is 26.4 Å². The Labute approximate surface area is 87.8 Å². The first-order chi connectivity index (χ1) is 6.87. The van der Waals surface area contributed by atoms with Crippen molar-refractivity contribution in [1.82, 2.24) is 9.97 Å². The standard InChI is InChI=1S/C10H14N2O3/c1-6(9(13)14)10(3,15)8-7(2)11-4-5-12-8/h4-6,15H,1-3H3,(H,13,14). The fraction of sp³-hybridized carbons (Fsp3) is 0.500. The van der Waals surface area contributed by atoms with Gasteiger partial charge in [-0.1, -0.05) is 0 Å². The molecule has 1 heterocycles. The van der Waals surface area contributed by atoms with Crippen LogP contribution in [0, 0.1) is 12.8 Å². The molecule has 0 spiro atoms. The van der Waals surface area contributed by atoms with Crippen molar-refractivity contribution in [2.24, 2.45) is 5.92 Å². The molecule has 0 bridgehead atoms. The van der Waals surface area contributed by atoms with Gasteiger partial charge >= 0.3 is 5.97 Å². The van der Waals surface area contributed by atoms with Crippen molar-refractivity contribution in [1.29, 1.82) is 0 Å². The Balaban J connectivity index is 3.16. The maximum absolute atomic E-state index is 10.8. The van der Waals surface area contributed by atoms with Gasteiger partial charge in [0.25, 0.3) is 0 Å². The Morgan fingerprint density at radius 3 is 2.47 bits per heavy atom. The molecule has 5 heteroatoms. The van der Waals surface area contributed by atoms with E-state index >= 15 is 0 Å². The van der Waals surface area contributed by atoms with Crippen molar-refractivity contribution < 1.29 is 15.0 Å². The van der Waals surface area contributed by atoms with Gasteiger partial charge in [0.2, 0.25) is 0 Å². The van der Waals surface area contributed by atoms with Crippen LogP contribution in [0.25, 0.3) is 0 Å². The van der Waals surface area contributed by atoms with Gasteiger partial charge in [0.1, 0.15) is 5.60 Å². The molecule has 2 unspecified atom stereocenters. The Hall–Kier alpha value is -1.49. The highest BCUT2D eigenvalue weighted by molar-refractivity contribution is 5.71. The summed E-state index contributed by atoms with van der Waals surface area (Å²) in [6, 6.07) is 0. The van der Waals surface area contributed by atoms with E-state index in [2.05, 4.69) is 9.97 Å². The van der Waals surface area contributed by atoms with Crippen molar-refractivity contribution in [3.63, 3.8) is 0 Å². The minimum absolute atomic E-state index is 0.305. The third kappa shape index (κ3) is 2.12. The van der Waals surface area contributed by atoms with Gasteiger partial charge in [-0.15, -0.1) is 0 Å². The van der Waals surface area contributed by atoms with Crippen LogP contribution in [0.4, 0.5) is 0 Å². The van der Waals surface area contributed by atoms with Gasteiger partial charge in [-0.05, 0) is 20.8 Å². The summed E-state index contributed by atoms with van der Waals surface area (Å²) in [5.74, 6) is -2.00. The number of carboxylic acid groups (broad SMARTS) is 1. The summed E-state index contributed by atoms with van der Waals surface area (Å²) in [7, 11) is 0. The number of aliphatic hydroxyl groups is 1. The molecule has 0 aliphatic rings. The lowest BCUT2D eigenvalue weighted by molar-refractivity contribution is -0.150. The van der Waals surface area contributed by atoms with Gasteiger partial charge in [-0.25, -0.2) is 0 Å². The summed E-state index contributed by atoms with van der Waals surface area (Å²) >= 11 is 0. The van der Waals surface area contributed by atoms with Crippen LogP contribution in [-0.2, 0) is 10.4 Å². The number of rotatable bonds is 3. The molecule has 15 heavy (non-hydrogen) atoms. The monoisotopic (exact) mass is 210 g/mol. The molecule has 0 amide bonds. The number of aromatic nitrogens is 2. The Morgan fingerprint density at radius 1 is 1.47 bits per heavy atom. The molecule has 0 saturated carbocycles. The molecule has 0 saturated heterocycles. The van der Waals surface area contributed by atoms with Crippen LogP contribution in [-0.4, -0.2) is 26.2 Å². The molecule has 0 fully saturated rings. The van der Waals surface area contributed by atoms with Crippen LogP contribution in [0.5, 0.6) is 0 Å². The van der Waals surface area contributed by atoms with Crippen molar-refractivity contribution in [2.75, 3.05) is 0 Å². The smallest absolute Gasteiger partial charge is 0.309 e. The minimum atomic E-state index is -1.51. The van der Waals surface area contributed by atoms with E-state index in [1.807, 2.05) is 0 Å². The molecule has 82 valence electrons. The van der Waals surface area contributed by atoms with Crippen LogP contribution in [0.1, 0.15) is 25.2 Å². The zero-order valence-electron chi connectivity index (χ0n) is 8.93. The fourth-order valence-electron chi connectivity index (χ4n) is 1.35. The molecule has 0 radical (unpaired) electrons. The van der Waals surface area contributed by atoms with Crippen LogP contribution in [0.3, 0.4) is 0 Å². The predicted octanol–water partition coefficient (Wildman–Crippen LogP) is 0.713. The number of aryl methyl sites for hydroxylation is 1. The van der Waals surface area contributed by atoms with Gasteiger partial charge in [0.05, 0.1) is 17.3 Å². The van der Waals surface area contributed by atoms with Crippen LogP contribution < -0.4 is 0 Å². The average Bonchev–Trinajstić information content (AvgIpc) is 2.16. The number of nitrogens with zero attached hydrogens (tertiary/aromatic N) is 2. The molecule has 2 N–H and O–H groups in total. The van der Waals surface area contributed by atoms with Gasteiger partial charge in [0.15, 0.2) is 0 Å². The molecule has 0 aliphatic carbocycles. The topological polar surface area (TPSA) is 83.3 Å². The zero-order chi connectivity index (χ0) is 11.6. The quantitative estimate of drug-likeness (QED) is 0.767. The molecule has 2 atom stereocenters. The van der Waals surface area contributed by atoms with Gasteiger partial charge < -0.3 is 10.2 Å². The summed E-state index contributed by atoms with van der Waals surface area (Å²) < 4.78 is 0. The highest BCUT2D eigenvalue weighted by atomic mass is 16.4.